The molecule has 0 bridgehead atoms. The molecule has 0 aliphatic heterocycles. The van der Waals surface area contributed by atoms with Crippen LogP contribution in [0.1, 0.15) is 30.1 Å². The fourth-order valence-corrected chi connectivity index (χ4v) is 1.81. The quantitative estimate of drug-likeness (QED) is 0.748. The Morgan fingerprint density at radius 2 is 1.71 bits per heavy atom. The third kappa shape index (κ3) is 4.53. The molecule has 2 aromatic carbocycles. The molecule has 0 spiro atoms. The van der Waals surface area contributed by atoms with Gasteiger partial charge < -0.3 is 9.53 Å². The second kappa shape index (κ2) is 6.79. The van der Waals surface area contributed by atoms with Gasteiger partial charge in [0.1, 0.15) is 23.1 Å². The molecular weight excluding hydrogens is 271 g/mol. The Labute approximate surface area is 122 Å². The molecule has 0 N–H and O–H groups in total. The van der Waals surface area contributed by atoms with E-state index >= 15 is 0 Å². The summed E-state index contributed by atoms with van der Waals surface area (Å²) in [5, 5.41) is 0. The molecule has 0 aliphatic rings. The average Bonchev–Trinajstić information content (AvgIpc) is 2.47. The summed E-state index contributed by atoms with van der Waals surface area (Å²) in [5.74, 6) is 0.535. The number of ketones is 2. The number of halogens is 1. The summed E-state index contributed by atoms with van der Waals surface area (Å²) in [6.07, 6.45) is 0.428. The molecule has 108 valence electrons. The van der Waals surface area contributed by atoms with Crippen LogP contribution >= 0.6 is 0 Å². The van der Waals surface area contributed by atoms with E-state index in [2.05, 4.69) is 0 Å². The van der Waals surface area contributed by atoms with Crippen molar-refractivity contribution < 1.29 is 18.7 Å². The van der Waals surface area contributed by atoms with E-state index in [1.807, 2.05) is 0 Å². The van der Waals surface area contributed by atoms with Crippen molar-refractivity contribution in [3.8, 4) is 11.5 Å². The van der Waals surface area contributed by atoms with Crippen LogP contribution in [0.5, 0.6) is 11.5 Å². The van der Waals surface area contributed by atoms with Gasteiger partial charge in [0, 0.05) is 18.4 Å². The zero-order chi connectivity index (χ0) is 15.2. The molecule has 0 saturated heterocycles. The minimum Gasteiger partial charge on any atom is -0.457 e. The first-order valence-corrected chi connectivity index (χ1v) is 6.61. The minimum atomic E-state index is -0.337. The van der Waals surface area contributed by atoms with Gasteiger partial charge in [0.15, 0.2) is 5.78 Å². The van der Waals surface area contributed by atoms with Crippen LogP contribution < -0.4 is 4.74 Å². The largest absolute Gasteiger partial charge is 0.457 e. The maximum absolute atomic E-state index is 12.8. The molecule has 2 rings (SSSR count). The highest BCUT2D eigenvalue weighted by Crippen LogP contribution is 2.23. The van der Waals surface area contributed by atoms with Crippen LogP contribution in [0.4, 0.5) is 4.39 Å². The summed E-state index contributed by atoms with van der Waals surface area (Å²) in [6.45, 7) is 1.46. The van der Waals surface area contributed by atoms with Gasteiger partial charge in [0.05, 0.1) is 0 Å². The first-order valence-electron chi connectivity index (χ1n) is 6.61. The van der Waals surface area contributed by atoms with Crippen molar-refractivity contribution in [2.45, 2.75) is 19.8 Å². The van der Waals surface area contributed by atoms with Crippen LogP contribution in [0.25, 0.3) is 0 Å². The third-order valence-electron chi connectivity index (χ3n) is 2.91. The van der Waals surface area contributed by atoms with Gasteiger partial charge in [0.25, 0.3) is 0 Å². The number of carbonyl (C=O) groups excluding carboxylic acids is 2. The van der Waals surface area contributed by atoms with Gasteiger partial charge in [-0.05, 0) is 43.3 Å². The maximum atomic E-state index is 12.8. The normalized spacial score (nSPS) is 10.2. The molecule has 0 amide bonds. The lowest BCUT2D eigenvalue weighted by Crippen LogP contribution is -2.02. The van der Waals surface area contributed by atoms with Gasteiger partial charge in [-0.15, -0.1) is 0 Å². The van der Waals surface area contributed by atoms with Gasteiger partial charge in [0.2, 0.25) is 0 Å². The average molecular weight is 286 g/mol. The molecule has 0 fully saturated rings. The summed E-state index contributed by atoms with van der Waals surface area (Å²) >= 11 is 0. The standard InChI is InChI=1S/C17H15FO3/c1-12(19)5-10-17(20)13-3-2-4-16(11-13)21-15-8-6-14(18)7-9-15/h2-4,6-9,11H,5,10H2,1H3. The Morgan fingerprint density at radius 3 is 2.38 bits per heavy atom. The summed E-state index contributed by atoms with van der Waals surface area (Å²) in [6, 6.07) is 12.4. The van der Waals surface area contributed by atoms with Crippen molar-refractivity contribution >= 4 is 11.6 Å². The molecule has 2 aromatic rings. The number of hydrogen-bond acceptors (Lipinski definition) is 3. The summed E-state index contributed by atoms with van der Waals surface area (Å²) < 4.78 is 18.4. The molecule has 0 saturated carbocycles. The Bertz CT molecular complexity index is 647. The molecule has 0 unspecified atom stereocenters. The smallest absolute Gasteiger partial charge is 0.163 e. The first kappa shape index (κ1) is 14.9. The van der Waals surface area contributed by atoms with Crippen LogP contribution in [-0.4, -0.2) is 11.6 Å². The third-order valence-corrected chi connectivity index (χ3v) is 2.91. The number of rotatable bonds is 6. The van der Waals surface area contributed by atoms with Crippen molar-refractivity contribution in [2.24, 2.45) is 0 Å². The highest BCUT2D eigenvalue weighted by Gasteiger charge is 2.08. The Kier molecular flexibility index (Phi) is 4.82. The maximum Gasteiger partial charge on any atom is 0.163 e. The van der Waals surface area contributed by atoms with E-state index in [4.69, 9.17) is 4.74 Å². The van der Waals surface area contributed by atoms with Crippen LogP contribution in [0.3, 0.4) is 0 Å². The second-order valence-electron chi connectivity index (χ2n) is 4.71. The fraction of sp³-hybridized carbons (Fsp3) is 0.176. The molecular formula is C17H15FO3. The zero-order valence-corrected chi connectivity index (χ0v) is 11.6. The fourth-order valence-electron chi connectivity index (χ4n) is 1.81. The van der Waals surface area contributed by atoms with Gasteiger partial charge in [-0.25, -0.2) is 4.39 Å². The molecule has 0 aliphatic carbocycles. The molecule has 0 heterocycles. The molecule has 4 heteroatoms. The van der Waals surface area contributed by atoms with E-state index in [-0.39, 0.29) is 30.2 Å². The van der Waals surface area contributed by atoms with Crippen molar-refractivity contribution in [1.29, 1.82) is 0 Å². The monoisotopic (exact) mass is 286 g/mol. The predicted molar refractivity (Wildman–Crippen MR) is 77.2 cm³/mol. The van der Waals surface area contributed by atoms with Crippen molar-refractivity contribution in [1.82, 2.24) is 0 Å². The van der Waals surface area contributed by atoms with Crippen LogP contribution in [0.15, 0.2) is 48.5 Å². The van der Waals surface area contributed by atoms with E-state index in [1.165, 1.54) is 31.2 Å². The minimum absolute atomic E-state index is 0.0120. The SMILES string of the molecule is CC(=O)CCC(=O)c1cccc(Oc2ccc(F)cc2)c1. The molecule has 0 atom stereocenters. The Morgan fingerprint density at radius 1 is 1.00 bits per heavy atom. The van der Waals surface area contributed by atoms with E-state index in [1.54, 1.807) is 24.3 Å². The van der Waals surface area contributed by atoms with Crippen LogP contribution in [0.2, 0.25) is 0 Å². The molecule has 3 nitrogen and oxygen atoms in total. The van der Waals surface area contributed by atoms with Crippen LogP contribution in [-0.2, 0) is 4.79 Å². The predicted octanol–water partition coefficient (Wildman–Crippen LogP) is 4.17. The lowest BCUT2D eigenvalue weighted by molar-refractivity contribution is -0.116. The number of hydrogen-bond donors (Lipinski definition) is 0. The van der Waals surface area contributed by atoms with Gasteiger partial charge >= 0.3 is 0 Å². The second-order valence-corrected chi connectivity index (χ2v) is 4.71. The highest BCUT2D eigenvalue weighted by molar-refractivity contribution is 5.98. The van der Waals surface area contributed by atoms with E-state index in [9.17, 15) is 14.0 Å². The number of carbonyl (C=O) groups is 2. The highest BCUT2D eigenvalue weighted by atomic mass is 19.1. The lowest BCUT2D eigenvalue weighted by atomic mass is 10.1. The number of Topliss-reactive ketones (excluding diaryl/α,β-unsaturated/α-hetero) is 2. The van der Waals surface area contributed by atoms with Gasteiger partial charge in [-0.2, -0.15) is 0 Å². The summed E-state index contributed by atoms with van der Waals surface area (Å²) in [5.41, 5.74) is 0.496. The Balaban J connectivity index is 2.08. The van der Waals surface area contributed by atoms with E-state index in [0.717, 1.165) is 0 Å². The first-order chi connectivity index (χ1) is 10.0. The van der Waals surface area contributed by atoms with Crippen LogP contribution in [0, 0.1) is 5.82 Å². The van der Waals surface area contributed by atoms with Crippen molar-refractivity contribution in [3.63, 3.8) is 0 Å². The number of benzene rings is 2. The number of ether oxygens (including phenoxy) is 1. The van der Waals surface area contributed by atoms with Crippen molar-refractivity contribution in [3.05, 3.63) is 59.9 Å². The van der Waals surface area contributed by atoms with E-state index in [0.29, 0.717) is 17.1 Å². The molecule has 0 aromatic heterocycles. The van der Waals surface area contributed by atoms with Crippen molar-refractivity contribution in [2.75, 3.05) is 0 Å². The Hall–Kier alpha value is -2.49. The van der Waals surface area contributed by atoms with Gasteiger partial charge in [-0.1, -0.05) is 12.1 Å². The van der Waals surface area contributed by atoms with Gasteiger partial charge in [-0.3, -0.25) is 4.79 Å². The lowest BCUT2D eigenvalue weighted by Gasteiger charge is -2.07. The molecule has 0 radical (unpaired) electrons. The summed E-state index contributed by atoms with van der Waals surface area (Å²) in [7, 11) is 0. The summed E-state index contributed by atoms with van der Waals surface area (Å²) in [4.78, 5) is 22.8. The topological polar surface area (TPSA) is 43.4 Å². The zero-order valence-electron chi connectivity index (χ0n) is 11.6. The van der Waals surface area contributed by atoms with E-state index < -0.39 is 0 Å². The molecule has 21 heavy (non-hydrogen) atoms.